The maximum absolute atomic E-state index is 11.0. The van der Waals surface area contributed by atoms with Crippen molar-refractivity contribution in [1.29, 1.82) is 0 Å². The number of esters is 1. The van der Waals surface area contributed by atoms with E-state index in [4.69, 9.17) is 4.74 Å². The summed E-state index contributed by atoms with van der Waals surface area (Å²) in [6.45, 7) is 10.5. The first-order chi connectivity index (χ1) is 7.85. The van der Waals surface area contributed by atoms with Gasteiger partial charge in [0.25, 0.3) is 0 Å². The Balaban J connectivity index is 4.22. The Kier molecular flexibility index (Phi) is 7.98. The molecular formula is C14H26O2Si. The van der Waals surface area contributed by atoms with Gasteiger partial charge in [-0.15, -0.1) is 5.92 Å². The van der Waals surface area contributed by atoms with Crippen molar-refractivity contribution < 1.29 is 9.53 Å². The average Bonchev–Trinajstić information content (AvgIpc) is 2.14. The van der Waals surface area contributed by atoms with Gasteiger partial charge >= 0.3 is 5.97 Å². The van der Waals surface area contributed by atoms with Crippen molar-refractivity contribution in [2.75, 3.05) is 0 Å². The highest BCUT2D eigenvalue weighted by atomic mass is 28.3. The molecule has 0 bridgehead atoms. The summed E-state index contributed by atoms with van der Waals surface area (Å²) in [5.74, 6) is 6.07. The first kappa shape index (κ1) is 16.2. The first-order valence-corrected chi connectivity index (χ1v) is 10.2. The summed E-state index contributed by atoms with van der Waals surface area (Å²) < 4.78 is 5.21. The zero-order chi connectivity index (χ0) is 13.3. The summed E-state index contributed by atoms with van der Waals surface area (Å²) in [5.41, 5.74) is 0. The lowest BCUT2D eigenvalue weighted by molar-refractivity contribution is -0.144. The third kappa shape index (κ3) is 11.5. The van der Waals surface area contributed by atoms with Crippen LogP contribution in [0.3, 0.4) is 0 Å². The number of hydrogen-bond acceptors (Lipinski definition) is 2. The topological polar surface area (TPSA) is 26.3 Å². The van der Waals surface area contributed by atoms with Crippen LogP contribution < -0.4 is 0 Å². The Morgan fingerprint density at radius 3 is 2.41 bits per heavy atom. The Labute approximate surface area is 107 Å². The van der Waals surface area contributed by atoms with E-state index < -0.39 is 8.07 Å². The molecule has 0 heterocycles. The zero-order valence-corrected chi connectivity index (χ0v) is 12.9. The van der Waals surface area contributed by atoms with Gasteiger partial charge in [0.05, 0.1) is 8.07 Å². The van der Waals surface area contributed by atoms with Gasteiger partial charge in [-0.25, -0.2) is 0 Å². The van der Waals surface area contributed by atoms with Crippen molar-refractivity contribution in [2.24, 2.45) is 0 Å². The van der Waals surface area contributed by atoms with Crippen molar-refractivity contribution in [1.82, 2.24) is 0 Å². The third-order valence-corrected chi connectivity index (χ3v) is 3.50. The second-order valence-corrected chi connectivity index (χ2v) is 11.1. The van der Waals surface area contributed by atoms with Gasteiger partial charge < -0.3 is 4.74 Å². The van der Waals surface area contributed by atoms with Crippen LogP contribution in [0.25, 0.3) is 0 Å². The molecule has 0 aliphatic carbocycles. The quantitative estimate of drug-likeness (QED) is 0.311. The van der Waals surface area contributed by atoms with Crippen molar-refractivity contribution in [3.8, 4) is 11.8 Å². The fraction of sp³-hybridized carbons (Fsp3) is 0.786. The van der Waals surface area contributed by atoms with E-state index in [9.17, 15) is 4.79 Å². The lowest BCUT2D eigenvalue weighted by Gasteiger charge is -2.12. The maximum Gasteiger partial charge on any atom is 0.303 e. The van der Waals surface area contributed by atoms with Gasteiger partial charge in [0, 0.05) is 13.0 Å². The fourth-order valence-electron chi connectivity index (χ4n) is 1.37. The van der Waals surface area contributed by atoms with Crippen LogP contribution in [0.15, 0.2) is 0 Å². The standard InChI is InChI=1S/C14H26O2Si/c1-6-7-8-10-14(16-13(2)15)11-9-12-17(3,4)5/h14H,6-8,10,12H2,1-5H3. The molecule has 0 N–H and O–H groups in total. The minimum absolute atomic E-state index is 0.199. The summed E-state index contributed by atoms with van der Waals surface area (Å²) in [5, 5.41) is 0. The molecule has 0 saturated heterocycles. The van der Waals surface area contributed by atoms with E-state index in [0.717, 1.165) is 18.9 Å². The van der Waals surface area contributed by atoms with E-state index in [0.29, 0.717) is 0 Å². The molecule has 0 fully saturated rings. The number of ether oxygens (including phenoxy) is 1. The van der Waals surface area contributed by atoms with Crippen molar-refractivity contribution in [3.63, 3.8) is 0 Å². The molecule has 0 aromatic rings. The monoisotopic (exact) mass is 254 g/mol. The summed E-state index contributed by atoms with van der Waals surface area (Å²) in [4.78, 5) is 11.0. The van der Waals surface area contributed by atoms with Gasteiger partial charge in [-0.3, -0.25) is 4.79 Å². The van der Waals surface area contributed by atoms with Crippen LogP contribution in [0.2, 0.25) is 25.7 Å². The van der Waals surface area contributed by atoms with Crippen LogP contribution >= 0.6 is 0 Å². The minimum atomic E-state index is -1.12. The number of carbonyl (C=O) groups excluding carboxylic acids is 1. The smallest absolute Gasteiger partial charge is 0.303 e. The minimum Gasteiger partial charge on any atom is -0.449 e. The fourth-order valence-corrected chi connectivity index (χ4v) is 2.00. The second-order valence-electron chi connectivity index (χ2n) is 5.65. The Bertz CT molecular complexity index is 281. The van der Waals surface area contributed by atoms with Gasteiger partial charge in [0.15, 0.2) is 6.10 Å². The number of carbonyl (C=O) groups is 1. The van der Waals surface area contributed by atoms with Gasteiger partial charge in [-0.05, 0) is 12.8 Å². The molecule has 0 aliphatic heterocycles. The van der Waals surface area contributed by atoms with Crippen LogP contribution in [-0.2, 0) is 9.53 Å². The predicted octanol–water partition coefficient (Wildman–Crippen LogP) is 3.84. The van der Waals surface area contributed by atoms with Gasteiger partial charge in [0.1, 0.15) is 0 Å². The van der Waals surface area contributed by atoms with Crippen molar-refractivity contribution in [3.05, 3.63) is 0 Å². The molecule has 0 saturated carbocycles. The largest absolute Gasteiger partial charge is 0.449 e. The number of rotatable bonds is 6. The summed E-state index contributed by atoms with van der Waals surface area (Å²) in [6, 6.07) is 0.971. The average molecular weight is 254 g/mol. The van der Waals surface area contributed by atoms with Crippen LogP contribution in [0.1, 0.15) is 39.5 Å². The third-order valence-electron chi connectivity index (χ3n) is 2.26. The van der Waals surface area contributed by atoms with Crippen LogP contribution in [0.4, 0.5) is 0 Å². The molecular weight excluding hydrogens is 228 g/mol. The molecule has 17 heavy (non-hydrogen) atoms. The van der Waals surface area contributed by atoms with Crippen molar-refractivity contribution in [2.45, 2.75) is 71.3 Å². The second kappa shape index (κ2) is 8.35. The highest BCUT2D eigenvalue weighted by molar-refractivity contribution is 6.76. The Morgan fingerprint density at radius 2 is 1.94 bits per heavy atom. The molecule has 0 radical (unpaired) electrons. The predicted molar refractivity (Wildman–Crippen MR) is 75.6 cm³/mol. The molecule has 0 spiro atoms. The highest BCUT2D eigenvalue weighted by Crippen LogP contribution is 2.09. The van der Waals surface area contributed by atoms with Crippen LogP contribution in [0.5, 0.6) is 0 Å². The number of unbranched alkanes of at least 4 members (excludes halogenated alkanes) is 2. The molecule has 1 unspecified atom stereocenters. The van der Waals surface area contributed by atoms with E-state index in [1.807, 2.05) is 0 Å². The summed E-state index contributed by atoms with van der Waals surface area (Å²) >= 11 is 0. The maximum atomic E-state index is 11.0. The lowest BCUT2D eigenvalue weighted by atomic mass is 10.1. The molecule has 0 aliphatic rings. The molecule has 2 nitrogen and oxygen atoms in total. The molecule has 0 rings (SSSR count). The highest BCUT2D eigenvalue weighted by Gasteiger charge is 2.11. The SMILES string of the molecule is CCCCCC(C#CC[Si](C)(C)C)OC(C)=O. The van der Waals surface area contributed by atoms with Gasteiger partial charge in [-0.1, -0.05) is 45.3 Å². The van der Waals surface area contributed by atoms with E-state index >= 15 is 0 Å². The zero-order valence-electron chi connectivity index (χ0n) is 11.9. The summed E-state index contributed by atoms with van der Waals surface area (Å²) in [6.07, 6.45) is 4.10. The molecule has 3 heteroatoms. The van der Waals surface area contributed by atoms with Gasteiger partial charge in [-0.2, -0.15) is 0 Å². The molecule has 1 atom stereocenters. The van der Waals surface area contributed by atoms with Gasteiger partial charge in [0.2, 0.25) is 0 Å². The van der Waals surface area contributed by atoms with Crippen LogP contribution in [-0.4, -0.2) is 20.1 Å². The lowest BCUT2D eigenvalue weighted by Crippen LogP contribution is -2.18. The summed E-state index contributed by atoms with van der Waals surface area (Å²) in [7, 11) is -1.12. The molecule has 0 aromatic heterocycles. The van der Waals surface area contributed by atoms with Crippen LogP contribution in [0, 0.1) is 11.8 Å². The molecule has 0 amide bonds. The van der Waals surface area contributed by atoms with E-state index in [-0.39, 0.29) is 12.1 Å². The Morgan fingerprint density at radius 1 is 1.29 bits per heavy atom. The van der Waals surface area contributed by atoms with Crippen molar-refractivity contribution >= 4 is 14.0 Å². The molecule has 0 aromatic carbocycles. The van der Waals surface area contributed by atoms with E-state index in [1.165, 1.54) is 19.8 Å². The Hall–Kier alpha value is -0.753. The first-order valence-electron chi connectivity index (χ1n) is 6.51. The normalized spacial score (nSPS) is 12.5. The van der Waals surface area contributed by atoms with E-state index in [2.05, 4.69) is 38.4 Å². The van der Waals surface area contributed by atoms with E-state index in [1.54, 1.807) is 0 Å². The molecule has 98 valence electrons. The number of hydrogen-bond donors (Lipinski definition) is 0.